The maximum Gasteiger partial charge on any atom is 0.273 e. The van der Waals surface area contributed by atoms with Crippen LogP contribution in [0.2, 0.25) is 0 Å². The van der Waals surface area contributed by atoms with E-state index in [-0.39, 0.29) is 11.8 Å². The van der Waals surface area contributed by atoms with Crippen LogP contribution in [0.4, 0.5) is 5.69 Å². The normalized spacial score (nSPS) is 10.3. The summed E-state index contributed by atoms with van der Waals surface area (Å²) >= 11 is 0. The molecule has 2 aromatic rings. The molecule has 0 saturated carbocycles. The van der Waals surface area contributed by atoms with Crippen molar-refractivity contribution in [2.75, 3.05) is 26.5 Å². The summed E-state index contributed by atoms with van der Waals surface area (Å²) in [5.41, 5.74) is 1.23. The zero-order valence-corrected chi connectivity index (χ0v) is 13.7. The molecule has 0 unspecified atom stereocenters. The fourth-order valence-corrected chi connectivity index (χ4v) is 2.09. The Kier molecular flexibility index (Phi) is 5.00. The average molecular weight is 316 g/mol. The summed E-state index contributed by atoms with van der Waals surface area (Å²) in [6.45, 7) is 2.42. The van der Waals surface area contributed by atoms with E-state index in [0.717, 1.165) is 0 Å². The highest BCUT2D eigenvalue weighted by Crippen LogP contribution is 2.19. The van der Waals surface area contributed by atoms with Crippen LogP contribution in [0, 0.1) is 0 Å². The van der Waals surface area contributed by atoms with Crippen molar-refractivity contribution in [2.24, 2.45) is 0 Å². The van der Waals surface area contributed by atoms with Crippen molar-refractivity contribution in [3.63, 3.8) is 0 Å². The Morgan fingerprint density at radius 2 is 1.91 bits per heavy atom. The lowest BCUT2D eigenvalue weighted by molar-refractivity contribution is 0.0816. The number of rotatable bonds is 5. The zero-order chi connectivity index (χ0) is 17.0. The number of amides is 2. The van der Waals surface area contributed by atoms with Gasteiger partial charge in [0, 0.05) is 26.2 Å². The fraction of sp³-hybridized carbons (Fsp3) is 0.312. The highest BCUT2D eigenvalue weighted by atomic mass is 16.5. The molecule has 23 heavy (non-hydrogen) atoms. The van der Waals surface area contributed by atoms with Gasteiger partial charge < -0.3 is 15.0 Å². The van der Waals surface area contributed by atoms with Crippen LogP contribution in [0.15, 0.2) is 30.5 Å². The van der Waals surface area contributed by atoms with Gasteiger partial charge >= 0.3 is 0 Å². The Labute approximate surface area is 134 Å². The van der Waals surface area contributed by atoms with Crippen molar-refractivity contribution in [1.29, 1.82) is 0 Å². The molecule has 0 fully saturated rings. The zero-order valence-electron chi connectivity index (χ0n) is 13.7. The first-order valence-electron chi connectivity index (χ1n) is 7.20. The molecule has 2 rings (SSSR count). The van der Waals surface area contributed by atoms with Gasteiger partial charge in [0.05, 0.1) is 19.0 Å². The topological polar surface area (TPSA) is 76.5 Å². The number of aryl methyl sites for hydroxylation is 1. The van der Waals surface area contributed by atoms with Gasteiger partial charge in [-0.1, -0.05) is 0 Å². The number of benzene rings is 1. The Morgan fingerprint density at radius 3 is 2.43 bits per heavy atom. The summed E-state index contributed by atoms with van der Waals surface area (Å²) in [6, 6.07) is 6.73. The third kappa shape index (κ3) is 3.50. The van der Waals surface area contributed by atoms with Crippen molar-refractivity contribution in [1.82, 2.24) is 14.7 Å². The predicted octanol–water partition coefficient (Wildman–Crippen LogP) is 1.87. The quantitative estimate of drug-likeness (QED) is 0.913. The second kappa shape index (κ2) is 6.95. The van der Waals surface area contributed by atoms with Crippen LogP contribution < -0.4 is 10.1 Å². The Hall–Kier alpha value is -2.83. The van der Waals surface area contributed by atoms with Gasteiger partial charge in [-0.15, -0.1) is 0 Å². The van der Waals surface area contributed by atoms with E-state index >= 15 is 0 Å². The average Bonchev–Trinajstić information content (AvgIpc) is 2.96. The fourth-order valence-electron chi connectivity index (χ4n) is 2.09. The molecule has 0 spiro atoms. The van der Waals surface area contributed by atoms with Gasteiger partial charge in [-0.05, 0) is 31.2 Å². The molecule has 1 N–H and O–H groups in total. The third-order valence-electron chi connectivity index (χ3n) is 3.35. The third-order valence-corrected chi connectivity index (χ3v) is 3.35. The molecule has 0 aliphatic rings. The van der Waals surface area contributed by atoms with Gasteiger partial charge in [0.2, 0.25) is 0 Å². The lowest BCUT2D eigenvalue weighted by Crippen LogP contribution is -2.26. The molecular weight excluding hydrogens is 296 g/mol. The smallest absolute Gasteiger partial charge is 0.273 e. The van der Waals surface area contributed by atoms with E-state index in [4.69, 9.17) is 4.74 Å². The number of anilines is 1. The van der Waals surface area contributed by atoms with Crippen LogP contribution in [-0.2, 0) is 6.54 Å². The van der Waals surface area contributed by atoms with Crippen molar-refractivity contribution >= 4 is 17.5 Å². The van der Waals surface area contributed by atoms with Crippen LogP contribution in [0.25, 0.3) is 0 Å². The van der Waals surface area contributed by atoms with Gasteiger partial charge in [0.1, 0.15) is 11.4 Å². The molecule has 7 nitrogen and oxygen atoms in total. The van der Waals surface area contributed by atoms with Crippen molar-refractivity contribution < 1.29 is 14.3 Å². The molecule has 1 heterocycles. The van der Waals surface area contributed by atoms with Crippen molar-refractivity contribution in [3.05, 3.63) is 41.7 Å². The van der Waals surface area contributed by atoms with Gasteiger partial charge in [0.15, 0.2) is 0 Å². The SMILES string of the molecule is CCn1ncc(NC(=O)c2ccc(OC)cc2)c1C(=O)N(C)C. The molecule has 122 valence electrons. The number of hydrogen-bond donors (Lipinski definition) is 1. The monoisotopic (exact) mass is 316 g/mol. The van der Waals surface area contributed by atoms with Crippen molar-refractivity contribution in [3.8, 4) is 5.75 Å². The number of nitrogens with one attached hydrogen (secondary N) is 1. The molecule has 0 radical (unpaired) electrons. The predicted molar refractivity (Wildman–Crippen MR) is 86.9 cm³/mol. The molecule has 1 aromatic carbocycles. The molecule has 2 amide bonds. The van der Waals surface area contributed by atoms with E-state index in [2.05, 4.69) is 10.4 Å². The first kappa shape index (κ1) is 16.5. The van der Waals surface area contributed by atoms with Crippen LogP contribution in [-0.4, -0.2) is 47.7 Å². The first-order valence-corrected chi connectivity index (χ1v) is 7.20. The summed E-state index contributed by atoms with van der Waals surface area (Å²) in [7, 11) is 4.88. The van der Waals surface area contributed by atoms with E-state index in [1.807, 2.05) is 6.92 Å². The molecule has 0 aliphatic heterocycles. The van der Waals surface area contributed by atoms with Crippen LogP contribution in [0.1, 0.15) is 27.8 Å². The van der Waals surface area contributed by atoms with E-state index in [9.17, 15) is 9.59 Å². The molecular formula is C16H20N4O3. The van der Waals surface area contributed by atoms with Crippen LogP contribution in [0.5, 0.6) is 5.75 Å². The van der Waals surface area contributed by atoms with Gasteiger partial charge in [-0.25, -0.2) is 0 Å². The lowest BCUT2D eigenvalue weighted by Gasteiger charge is -2.13. The summed E-state index contributed by atoms with van der Waals surface area (Å²) in [6.07, 6.45) is 1.49. The molecule has 1 aromatic heterocycles. The minimum absolute atomic E-state index is 0.214. The molecule has 0 atom stereocenters. The summed E-state index contributed by atoms with van der Waals surface area (Å²) in [5, 5.41) is 6.89. The molecule has 0 saturated heterocycles. The molecule has 7 heteroatoms. The Balaban J connectivity index is 2.26. The summed E-state index contributed by atoms with van der Waals surface area (Å²) in [5.74, 6) is 0.148. The minimum atomic E-state index is -0.309. The second-order valence-electron chi connectivity index (χ2n) is 5.10. The van der Waals surface area contributed by atoms with Gasteiger partial charge in [0.25, 0.3) is 11.8 Å². The number of hydrogen-bond acceptors (Lipinski definition) is 4. The molecule has 0 bridgehead atoms. The van der Waals surface area contributed by atoms with E-state index < -0.39 is 0 Å². The Bertz CT molecular complexity index is 705. The second-order valence-corrected chi connectivity index (χ2v) is 5.10. The highest BCUT2D eigenvalue weighted by Gasteiger charge is 2.21. The van der Waals surface area contributed by atoms with Crippen molar-refractivity contribution in [2.45, 2.75) is 13.5 Å². The van der Waals surface area contributed by atoms with Crippen LogP contribution in [0.3, 0.4) is 0 Å². The number of methoxy groups -OCH3 is 1. The largest absolute Gasteiger partial charge is 0.497 e. The van der Waals surface area contributed by atoms with Gasteiger partial charge in [-0.3, -0.25) is 14.3 Å². The maximum absolute atomic E-state index is 12.3. The number of carbonyl (C=O) groups is 2. The van der Waals surface area contributed by atoms with E-state index in [0.29, 0.717) is 29.2 Å². The number of nitrogens with zero attached hydrogens (tertiary/aromatic N) is 3. The van der Waals surface area contributed by atoms with E-state index in [1.165, 1.54) is 11.1 Å². The number of carbonyl (C=O) groups excluding carboxylic acids is 2. The minimum Gasteiger partial charge on any atom is -0.497 e. The summed E-state index contributed by atoms with van der Waals surface area (Å²) in [4.78, 5) is 26.1. The first-order chi connectivity index (χ1) is 11.0. The lowest BCUT2D eigenvalue weighted by atomic mass is 10.2. The van der Waals surface area contributed by atoms with Crippen LogP contribution >= 0.6 is 0 Å². The number of ether oxygens (including phenoxy) is 1. The van der Waals surface area contributed by atoms with E-state index in [1.54, 1.807) is 50.2 Å². The molecule has 0 aliphatic carbocycles. The van der Waals surface area contributed by atoms with Gasteiger partial charge in [-0.2, -0.15) is 5.10 Å². The summed E-state index contributed by atoms with van der Waals surface area (Å²) < 4.78 is 6.63. The standard InChI is InChI=1S/C16H20N4O3/c1-5-20-14(16(22)19(2)3)13(10-17-20)18-15(21)11-6-8-12(23-4)9-7-11/h6-10H,5H2,1-4H3,(H,18,21). The highest BCUT2D eigenvalue weighted by molar-refractivity contribution is 6.08. The Morgan fingerprint density at radius 1 is 1.26 bits per heavy atom. The maximum atomic E-state index is 12.3. The number of aromatic nitrogens is 2.